The number of nitrogens with one attached hydrogen (secondary N) is 2. The molecule has 2 aromatic rings. The standard InChI is InChI=1S/C15H18N4/c1-11(2)19-15-9-14(17-10-18-15)8-12-4-6-13(16-3)7-5-12/h4-7,9-10,16H,1,8H2,2-3H3,(H,17,18,19). The van der Waals surface area contributed by atoms with E-state index in [-0.39, 0.29) is 0 Å². The number of hydrogen-bond donors (Lipinski definition) is 2. The fourth-order valence-corrected chi connectivity index (χ4v) is 1.78. The minimum atomic E-state index is 0.782. The summed E-state index contributed by atoms with van der Waals surface area (Å²) in [5, 5.41) is 6.20. The average molecular weight is 254 g/mol. The molecule has 0 aliphatic carbocycles. The first-order chi connectivity index (χ1) is 9.17. The van der Waals surface area contributed by atoms with Crippen LogP contribution < -0.4 is 10.6 Å². The second kappa shape index (κ2) is 6.00. The Hall–Kier alpha value is -2.36. The van der Waals surface area contributed by atoms with Gasteiger partial charge in [-0.05, 0) is 24.6 Å². The van der Waals surface area contributed by atoms with Crippen molar-refractivity contribution in [3.8, 4) is 0 Å². The summed E-state index contributed by atoms with van der Waals surface area (Å²) in [6.07, 6.45) is 2.36. The van der Waals surface area contributed by atoms with E-state index in [2.05, 4.69) is 51.4 Å². The minimum absolute atomic E-state index is 0.782. The zero-order valence-electron chi connectivity index (χ0n) is 11.3. The van der Waals surface area contributed by atoms with Gasteiger partial charge in [-0.15, -0.1) is 0 Å². The Balaban J connectivity index is 2.11. The molecule has 0 radical (unpaired) electrons. The largest absolute Gasteiger partial charge is 0.388 e. The number of nitrogens with zero attached hydrogens (tertiary/aromatic N) is 2. The fraction of sp³-hybridized carbons (Fsp3) is 0.200. The molecule has 0 aliphatic rings. The van der Waals surface area contributed by atoms with Crippen LogP contribution in [0.4, 0.5) is 11.5 Å². The lowest BCUT2D eigenvalue weighted by atomic mass is 10.1. The topological polar surface area (TPSA) is 49.8 Å². The third-order valence-corrected chi connectivity index (χ3v) is 2.69. The summed E-state index contributed by atoms with van der Waals surface area (Å²) in [6, 6.07) is 10.3. The van der Waals surface area contributed by atoms with Gasteiger partial charge in [0.15, 0.2) is 0 Å². The monoisotopic (exact) mass is 254 g/mol. The highest BCUT2D eigenvalue weighted by Gasteiger charge is 2.01. The van der Waals surface area contributed by atoms with E-state index in [0.717, 1.165) is 29.3 Å². The SMILES string of the molecule is C=C(C)Nc1cc(Cc2ccc(NC)cc2)ncn1. The van der Waals surface area contributed by atoms with Gasteiger partial charge in [-0.1, -0.05) is 18.7 Å². The molecule has 2 rings (SSSR count). The van der Waals surface area contributed by atoms with Crippen molar-refractivity contribution in [2.75, 3.05) is 17.7 Å². The van der Waals surface area contributed by atoms with E-state index in [0.29, 0.717) is 0 Å². The zero-order chi connectivity index (χ0) is 13.7. The van der Waals surface area contributed by atoms with Gasteiger partial charge >= 0.3 is 0 Å². The van der Waals surface area contributed by atoms with Crippen molar-refractivity contribution in [1.29, 1.82) is 0 Å². The van der Waals surface area contributed by atoms with Gasteiger partial charge in [0.1, 0.15) is 12.1 Å². The Morgan fingerprint density at radius 3 is 2.58 bits per heavy atom. The number of anilines is 2. The van der Waals surface area contributed by atoms with Gasteiger partial charge in [0.25, 0.3) is 0 Å². The van der Waals surface area contributed by atoms with Gasteiger partial charge < -0.3 is 10.6 Å². The maximum atomic E-state index is 4.29. The van der Waals surface area contributed by atoms with Crippen molar-refractivity contribution in [2.45, 2.75) is 13.3 Å². The number of hydrogen-bond acceptors (Lipinski definition) is 4. The lowest BCUT2D eigenvalue weighted by Gasteiger charge is -2.07. The number of rotatable bonds is 5. The van der Waals surface area contributed by atoms with Gasteiger partial charge in [-0.3, -0.25) is 0 Å². The molecule has 0 unspecified atom stereocenters. The lowest BCUT2D eigenvalue weighted by molar-refractivity contribution is 1.03. The normalized spacial score (nSPS) is 10.0. The van der Waals surface area contributed by atoms with Gasteiger partial charge in [-0.2, -0.15) is 0 Å². The van der Waals surface area contributed by atoms with Crippen LogP contribution in [0, 0.1) is 0 Å². The van der Waals surface area contributed by atoms with Crippen LogP contribution in [-0.4, -0.2) is 17.0 Å². The maximum Gasteiger partial charge on any atom is 0.133 e. The Morgan fingerprint density at radius 2 is 1.95 bits per heavy atom. The first-order valence-corrected chi connectivity index (χ1v) is 6.17. The summed E-state index contributed by atoms with van der Waals surface area (Å²) in [6.45, 7) is 5.71. The third kappa shape index (κ3) is 3.81. The average Bonchev–Trinajstić information content (AvgIpc) is 2.39. The zero-order valence-corrected chi connectivity index (χ0v) is 11.3. The Labute approximate surface area is 113 Å². The summed E-state index contributed by atoms with van der Waals surface area (Å²) in [5.74, 6) is 0.782. The molecular weight excluding hydrogens is 236 g/mol. The lowest BCUT2D eigenvalue weighted by Crippen LogP contribution is -2.00. The van der Waals surface area contributed by atoms with E-state index < -0.39 is 0 Å². The van der Waals surface area contributed by atoms with E-state index in [9.17, 15) is 0 Å². The Morgan fingerprint density at radius 1 is 1.21 bits per heavy atom. The van der Waals surface area contributed by atoms with Gasteiger partial charge in [0.05, 0.1) is 5.69 Å². The molecule has 0 spiro atoms. The maximum absolute atomic E-state index is 4.29. The minimum Gasteiger partial charge on any atom is -0.388 e. The van der Waals surface area contributed by atoms with E-state index in [1.165, 1.54) is 5.56 Å². The quantitative estimate of drug-likeness (QED) is 0.861. The molecule has 1 aromatic carbocycles. The summed E-state index contributed by atoms with van der Waals surface area (Å²) in [5.41, 5.74) is 4.18. The predicted octanol–water partition coefficient (Wildman–Crippen LogP) is 3.05. The Kier molecular flexibility index (Phi) is 4.13. The number of allylic oxidation sites excluding steroid dienone is 1. The van der Waals surface area contributed by atoms with Crippen molar-refractivity contribution in [1.82, 2.24) is 9.97 Å². The molecule has 0 saturated carbocycles. The van der Waals surface area contributed by atoms with Crippen LogP contribution in [0.1, 0.15) is 18.2 Å². The molecule has 19 heavy (non-hydrogen) atoms. The van der Waals surface area contributed by atoms with Crippen molar-refractivity contribution in [2.24, 2.45) is 0 Å². The third-order valence-electron chi connectivity index (χ3n) is 2.69. The van der Waals surface area contributed by atoms with Gasteiger partial charge in [0.2, 0.25) is 0 Å². The molecule has 2 N–H and O–H groups in total. The summed E-state index contributed by atoms with van der Waals surface area (Å²) >= 11 is 0. The van der Waals surface area contributed by atoms with Crippen LogP contribution in [0.2, 0.25) is 0 Å². The molecule has 0 saturated heterocycles. The van der Waals surface area contributed by atoms with Crippen LogP contribution in [0.15, 0.2) is 48.9 Å². The van der Waals surface area contributed by atoms with E-state index in [4.69, 9.17) is 0 Å². The van der Waals surface area contributed by atoms with Crippen molar-refractivity contribution in [3.05, 3.63) is 60.2 Å². The van der Waals surface area contributed by atoms with Crippen LogP contribution in [0.3, 0.4) is 0 Å². The molecular formula is C15H18N4. The van der Waals surface area contributed by atoms with Crippen molar-refractivity contribution < 1.29 is 0 Å². The molecule has 1 aromatic heterocycles. The molecule has 1 heterocycles. The van der Waals surface area contributed by atoms with Crippen LogP contribution in [-0.2, 0) is 6.42 Å². The summed E-state index contributed by atoms with van der Waals surface area (Å²) < 4.78 is 0. The fourth-order valence-electron chi connectivity index (χ4n) is 1.78. The molecule has 98 valence electrons. The molecule has 4 nitrogen and oxygen atoms in total. The number of benzene rings is 1. The molecule has 0 amide bonds. The van der Waals surface area contributed by atoms with Crippen molar-refractivity contribution >= 4 is 11.5 Å². The van der Waals surface area contributed by atoms with Crippen molar-refractivity contribution in [3.63, 3.8) is 0 Å². The number of aromatic nitrogens is 2. The first kappa shape index (κ1) is 13.1. The first-order valence-electron chi connectivity index (χ1n) is 6.17. The molecule has 0 bridgehead atoms. The second-order valence-corrected chi connectivity index (χ2v) is 4.42. The van der Waals surface area contributed by atoms with E-state index in [1.54, 1.807) is 6.33 Å². The highest BCUT2D eigenvalue weighted by molar-refractivity contribution is 5.45. The van der Waals surface area contributed by atoms with Crippen LogP contribution >= 0.6 is 0 Å². The van der Waals surface area contributed by atoms with Gasteiger partial charge in [-0.25, -0.2) is 9.97 Å². The predicted molar refractivity (Wildman–Crippen MR) is 79.3 cm³/mol. The Bertz CT molecular complexity index is 561. The smallest absolute Gasteiger partial charge is 0.133 e. The summed E-state index contributed by atoms with van der Waals surface area (Å²) in [7, 11) is 1.91. The summed E-state index contributed by atoms with van der Waals surface area (Å²) in [4.78, 5) is 8.44. The van der Waals surface area contributed by atoms with E-state index >= 15 is 0 Å². The molecule has 0 aliphatic heterocycles. The molecule has 0 atom stereocenters. The van der Waals surface area contributed by atoms with E-state index in [1.807, 2.05) is 20.0 Å². The molecule has 4 heteroatoms. The highest BCUT2D eigenvalue weighted by atomic mass is 15.0. The van der Waals surface area contributed by atoms with Gasteiger partial charge in [0, 0.05) is 30.9 Å². The highest BCUT2D eigenvalue weighted by Crippen LogP contribution is 2.14. The van der Waals surface area contributed by atoms with Crippen LogP contribution in [0.25, 0.3) is 0 Å². The second-order valence-electron chi connectivity index (χ2n) is 4.42. The molecule has 0 fully saturated rings. The van der Waals surface area contributed by atoms with Crippen LogP contribution in [0.5, 0.6) is 0 Å².